The molecule has 0 bridgehead atoms. The first-order valence-electron chi connectivity index (χ1n) is 6.47. The number of carbonyl (C=O) groups is 1. The topological polar surface area (TPSA) is 66.2 Å². The summed E-state index contributed by atoms with van der Waals surface area (Å²) in [6.07, 6.45) is -0.188. The van der Waals surface area contributed by atoms with Crippen molar-refractivity contribution in [1.29, 1.82) is 5.26 Å². The fourth-order valence-electron chi connectivity index (χ4n) is 1.55. The highest BCUT2D eigenvalue weighted by molar-refractivity contribution is 5.88. The third kappa shape index (κ3) is 4.81. The predicted molar refractivity (Wildman–Crippen MR) is 72.2 cm³/mol. The maximum Gasteiger partial charge on any atom is 0.415 e. The molecule has 1 aromatic rings. The van der Waals surface area contributed by atoms with Crippen LogP contribution in [0.25, 0.3) is 0 Å². The molecular formula is C14H14F4N3O2. The molecule has 1 amide bonds. The van der Waals surface area contributed by atoms with Gasteiger partial charge in [-0.05, 0) is 27.2 Å². The van der Waals surface area contributed by atoms with Gasteiger partial charge in [-0.2, -0.15) is 27.8 Å². The number of halogens is 4. The lowest BCUT2D eigenvalue weighted by Gasteiger charge is -2.27. The number of unbranched alkanes of at least 4 members (excludes halogenated alkanes) is 1. The molecule has 0 atom stereocenters. The highest BCUT2D eigenvalue weighted by Crippen LogP contribution is 2.28. The van der Waals surface area contributed by atoms with Crippen LogP contribution in [0.2, 0.25) is 0 Å². The van der Waals surface area contributed by atoms with E-state index in [9.17, 15) is 22.4 Å². The molecule has 1 aromatic heterocycles. The second-order valence-electron chi connectivity index (χ2n) is 5.41. The van der Waals surface area contributed by atoms with E-state index in [1.165, 1.54) is 27.2 Å². The Morgan fingerprint density at radius 2 is 1.78 bits per heavy atom. The molecule has 0 saturated carbocycles. The zero-order valence-corrected chi connectivity index (χ0v) is 12.7. The highest BCUT2D eigenvalue weighted by Gasteiger charge is 2.31. The number of carbonyl (C=O) groups excluding carboxylic acids is 1. The van der Waals surface area contributed by atoms with Crippen LogP contribution in [0.4, 0.5) is 28.0 Å². The van der Waals surface area contributed by atoms with E-state index in [-0.39, 0.29) is 6.42 Å². The molecule has 0 N–H and O–H groups in total. The molecule has 0 unspecified atom stereocenters. The van der Waals surface area contributed by atoms with E-state index in [1.54, 1.807) is 6.07 Å². The normalized spacial score (nSPS) is 11.0. The second-order valence-corrected chi connectivity index (χ2v) is 5.41. The predicted octanol–water partition coefficient (Wildman–Crippen LogP) is 3.50. The second kappa shape index (κ2) is 7.26. The van der Waals surface area contributed by atoms with Gasteiger partial charge in [0.2, 0.25) is 11.6 Å². The van der Waals surface area contributed by atoms with Crippen LogP contribution in [0.1, 0.15) is 27.2 Å². The van der Waals surface area contributed by atoms with Crippen molar-refractivity contribution in [3.05, 3.63) is 30.0 Å². The Morgan fingerprint density at radius 1 is 1.26 bits per heavy atom. The van der Waals surface area contributed by atoms with Crippen LogP contribution in [0.3, 0.4) is 0 Å². The lowest BCUT2D eigenvalue weighted by molar-refractivity contribution is 0.0580. The summed E-state index contributed by atoms with van der Waals surface area (Å²) in [5, 5.41) is 8.48. The molecule has 1 radical (unpaired) electrons. The zero-order valence-electron chi connectivity index (χ0n) is 12.7. The van der Waals surface area contributed by atoms with Gasteiger partial charge in [0.15, 0.2) is 0 Å². The molecule has 0 spiro atoms. The van der Waals surface area contributed by atoms with Crippen LogP contribution >= 0.6 is 0 Å². The minimum Gasteiger partial charge on any atom is -0.443 e. The smallest absolute Gasteiger partial charge is 0.415 e. The number of hydrogen-bond acceptors (Lipinski definition) is 4. The number of hydrogen-bond donors (Lipinski definition) is 0. The van der Waals surface area contributed by atoms with Crippen molar-refractivity contribution in [2.75, 3.05) is 11.4 Å². The summed E-state index contributed by atoms with van der Waals surface area (Å²) in [6, 6.07) is 1.73. The van der Waals surface area contributed by atoms with Crippen molar-refractivity contribution >= 4 is 11.8 Å². The molecule has 0 saturated heterocycles. The number of pyridine rings is 1. The van der Waals surface area contributed by atoms with Crippen LogP contribution in [0, 0.1) is 41.3 Å². The quantitative estimate of drug-likeness (QED) is 0.481. The molecule has 9 heteroatoms. The van der Waals surface area contributed by atoms with Crippen molar-refractivity contribution in [3.63, 3.8) is 0 Å². The van der Waals surface area contributed by atoms with Crippen molar-refractivity contribution in [1.82, 2.24) is 4.98 Å². The van der Waals surface area contributed by atoms with Crippen molar-refractivity contribution in [2.45, 2.75) is 32.8 Å². The summed E-state index contributed by atoms with van der Waals surface area (Å²) in [6.45, 7) is 4.02. The van der Waals surface area contributed by atoms with Crippen LogP contribution in [0.15, 0.2) is 0 Å². The molecule has 5 nitrogen and oxygen atoms in total. The lowest BCUT2D eigenvalue weighted by Crippen LogP contribution is -2.39. The summed E-state index contributed by atoms with van der Waals surface area (Å²) < 4.78 is 59.1. The summed E-state index contributed by atoms with van der Waals surface area (Å²) >= 11 is 0. The number of aromatic nitrogens is 1. The first kappa shape index (κ1) is 18.7. The average Bonchev–Trinajstić information content (AvgIpc) is 2.42. The van der Waals surface area contributed by atoms with Crippen molar-refractivity contribution in [2.24, 2.45) is 0 Å². The summed E-state index contributed by atoms with van der Waals surface area (Å²) in [7, 11) is 0. The van der Waals surface area contributed by atoms with Gasteiger partial charge in [-0.15, -0.1) is 0 Å². The highest BCUT2D eigenvalue weighted by atomic mass is 19.2. The Kier molecular flexibility index (Phi) is 5.90. The molecule has 0 aliphatic carbocycles. The molecule has 23 heavy (non-hydrogen) atoms. The number of rotatable bonds is 4. The van der Waals surface area contributed by atoms with Crippen LogP contribution in [-0.2, 0) is 4.74 Å². The number of anilines is 1. The Morgan fingerprint density at radius 3 is 2.22 bits per heavy atom. The molecule has 0 aliphatic rings. The molecule has 125 valence electrons. The van der Waals surface area contributed by atoms with Gasteiger partial charge in [-0.1, -0.05) is 0 Å². The Labute approximate surface area is 130 Å². The monoisotopic (exact) mass is 332 g/mol. The van der Waals surface area contributed by atoms with E-state index >= 15 is 0 Å². The molecule has 0 fully saturated rings. The minimum absolute atomic E-state index is 0.154. The van der Waals surface area contributed by atoms with E-state index in [0.29, 0.717) is 4.90 Å². The van der Waals surface area contributed by atoms with E-state index in [0.717, 1.165) is 0 Å². The van der Waals surface area contributed by atoms with Gasteiger partial charge in [0.05, 0.1) is 6.07 Å². The largest absolute Gasteiger partial charge is 0.443 e. The van der Waals surface area contributed by atoms with E-state index in [4.69, 9.17) is 10.00 Å². The van der Waals surface area contributed by atoms with Crippen molar-refractivity contribution in [3.8, 4) is 6.07 Å². The first-order chi connectivity index (χ1) is 10.6. The van der Waals surface area contributed by atoms with E-state index < -0.39 is 47.5 Å². The van der Waals surface area contributed by atoms with Crippen LogP contribution < -0.4 is 4.90 Å². The molecule has 1 heterocycles. The number of amides is 1. The fourth-order valence-corrected chi connectivity index (χ4v) is 1.55. The van der Waals surface area contributed by atoms with Gasteiger partial charge in [-0.25, -0.2) is 4.79 Å². The molecular weight excluding hydrogens is 318 g/mol. The van der Waals surface area contributed by atoms with Crippen LogP contribution in [0.5, 0.6) is 0 Å². The SMILES string of the molecule is CC(C)(C)OC(=O)N(C[CH]CC#N)c1c(F)c(F)nc(F)c1F. The summed E-state index contributed by atoms with van der Waals surface area (Å²) in [5.74, 6) is -7.46. The standard InChI is InChI=1S/C14H14F4N3O2/c1-14(2,3)23-13(22)21(7-5-4-6-19)10-8(15)11(17)20-12(18)9(10)16/h5H,4,7H2,1-3H3. The van der Waals surface area contributed by atoms with E-state index in [2.05, 4.69) is 4.98 Å². The van der Waals surface area contributed by atoms with E-state index in [1.807, 2.05) is 0 Å². The number of nitriles is 1. The van der Waals surface area contributed by atoms with Gasteiger partial charge < -0.3 is 4.74 Å². The summed E-state index contributed by atoms with van der Waals surface area (Å²) in [4.78, 5) is 14.9. The Bertz CT molecular complexity index is 612. The Hall–Kier alpha value is -2.37. The van der Waals surface area contributed by atoms with Crippen LogP contribution in [-0.4, -0.2) is 23.2 Å². The van der Waals surface area contributed by atoms with Gasteiger partial charge in [0.1, 0.15) is 11.3 Å². The minimum atomic E-state index is -1.90. The van der Waals surface area contributed by atoms with Crippen molar-refractivity contribution < 1.29 is 27.1 Å². The summed E-state index contributed by atoms with van der Waals surface area (Å²) in [5.41, 5.74) is -2.28. The average molecular weight is 332 g/mol. The molecule has 1 rings (SSSR count). The molecule has 0 aromatic carbocycles. The van der Waals surface area contributed by atoms with Gasteiger partial charge in [0.25, 0.3) is 11.9 Å². The first-order valence-corrected chi connectivity index (χ1v) is 6.47. The maximum atomic E-state index is 13.8. The van der Waals surface area contributed by atoms with Gasteiger partial charge >= 0.3 is 6.09 Å². The van der Waals surface area contributed by atoms with Gasteiger partial charge in [-0.3, -0.25) is 4.90 Å². The Balaban J connectivity index is 3.30. The lowest BCUT2D eigenvalue weighted by atomic mass is 10.2. The third-order valence-corrected chi connectivity index (χ3v) is 2.41. The number of ether oxygens (including phenoxy) is 1. The molecule has 0 aliphatic heterocycles. The maximum absolute atomic E-state index is 13.8. The fraction of sp³-hybridized carbons (Fsp3) is 0.429. The van der Waals surface area contributed by atoms with Gasteiger partial charge in [0, 0.05) is 13.0 Å². The zero-order chi connectivity index (χ0) is 17.8. The third-order valence-electron chi connectivity index (χ3n) is 2.41. The number of nitrogens with zero attached hydrogens (tertiary/aromatic N) is 3.